The van der Waals surface area contributed by atoms with E-state index in [0.717, 1.165) is 27.3 Å². The van der Waals surface area contributed by atoms with Crippen molar-refractivity contribution >= 4 is 33.2 Å². The summed E-state index contributed by atoms with van der Waals surface area (Å²) in [5, 5.41) is 4.28. The Kier molecular flexibility index (Phi) is 8.56. The van der Waals surface area contributed by atoms with Crippen LogP contribution < -0.4 is 5.32 Å². The number of nitrogens with one attached hydrogen (secondary N) is 1. The highest BCUT2D eigenvalue weighted by atomic mass is 79.9. The minimum absolute atomic E-state index is 0.824. The summed E-state index contributed by atoms with van der Waals surface area (Å²) in [7, 11) is 0. The molecule has 1 aromatic rings. The highest BCUT2D eigenvalue weighted by Crippen LogP contribution is 2.29. The molecule has 0 radical (unpaired) electrons. The van der Waals surface area contributed by atoms with Gasteiger partial charge in [-0.1, -0.05) is 57.0 Å². The topological polar surface area (TPSA) is 12.0 Å². The number of hydrogen-bond donors (Lipinski definition) is 1. The van der Waals surface area contributed by atoms with Gasteiger partial charge in [0.1, 0.15) is 0 Å². The second kappa shape index (κ2) is 9.66. The van der Waals surface area contributed by atoms with E-state index in [2.05, 4.69) is 34.2 Å². The molecular weight excluding hydrogens is 322 g/mol. The summed E-state index contributed by atoms with van der Waals surface area (Å²) >= 11 is 9.71. The molecule has 19 heavy (non-hydrogen) atoms. The van der Waals surface area contributed by atoms with Crippen molar-refractivity contribution in [1.82, 2.24) is 0 Å². The number of halogens is 2. The van der Waals surface area contributed by atoms with E-state index in [0.29, 0.717) is 0 Å². The predicted octanol–water partition coefficient (Wildman–Crippen LogP) is 6.57. The molecule has 0 fully saturated rings. The third-order valence-corrected chi connectivity index (χ3v) is 4.41. The number of benzene rings is 1. The van der Waals surface area contributed by atoms with Crippen molar-refractivity contribution in [3.05, 3.63) is 27.2 Å². The monoisotopic (exact) mass is 345 g/mol. The Hall–Kier alpha value is -0.210. The lowest BCUT2D eigenvalue weighted by Crippen LogP contribution is -2.02. The normalized spacial score (nSPS) is 10.7. The van der Waals surface area contributed by atoms with Gasteiger partial charge in [-0.2, -0.15) is 0 Å². The Morgan fingerprint density at radius 1 is 1.05 bits per heavy atom. The second-order valence-corrected chi connectivity index (χ2v) is 6.39. The van der Waals surface area contributed by atoms with Gasteiger partial charge in [0, 0.05) is 21.7 Å². The second-order valence-electron chi connectivity index (χ2n) is 5.13. The third-order valence-electron chi connectivity index (χ3n) is 3.34. The molecule has 0 aliphatic rings. The maximum Gasteiger partial charge on any atom is 0.0499 e. The lowest BCUT2D eigenvalue weighted by atomic mass is 10.1. The van der Waals surface area contributed by atoms with E-state index in [1.807, 2.05) is 13.0 Å². The van der Waals surface area contributed by atoms with Gasteiger partial charge in [0.05, 0.1) is 0 Å². The van der Waals surface area contributed by atoms with Gasteiger partial charge in [-0.05, 0) is 47.0 Å². The summed E-state index contributed by atoms with van der Waals surface area (Å²) in [5.74, 6) is 0. The van der Waals surface area contributed by atoms with Crippen LogP contribution in [0.5, 0.6) is 0 Å². The highest BCUT2D eigenvalue weighted by molar-refractivity contribution is 9.10. The largest absolute Gasteiger partial charge is 0.384 e. The zero-order valence-electron chi connectivity index (χ0n) is 12.1. The summed E-state index contributed by atoms with van der Waals surface area (Å²) in [5.41, 5.74) is 2.21. The Morgan fingerprint density at radius 3 is 2.37 bits per heavy atom. The molecule has 0 aromatic heterocycles. The zero-order chi connectivity index (χ0) is 14.1. The van der Waals surface area contributed by atoms with E-state index < -0.39 is 0 Å². The Labute approximate surface area is 131 Å². The fourth-order valence-corrected chi connectivity index (χ4v) is 2.85. The van der Waals surface area contributed by atoms with Crippen molar-refractivity contribution < 1.29 is 0 Å². The SMILES string of the molecule is CCCCCCCCCNc1cc(Cl)c(C)cc1Br. The predicted molar refractivity (Wildman–Crippen MR) is 90.4 cm³/mol. The summed E-state index contributed by atoms with van der Waals surface area (Å²) < 4.78 is 1.09. The molecule has 0 aliphatic carbocycles. The molecule has 1 aromatic carbocycles. The van der Waals surface area contributed by atoms with Crippen molar-refractivity contribution in [3.63, 3.8) is 0 Å². The lowest BCUT2D eigenvalue weighted by Gasteiger charge is -2.10. The lowest BCUT2D eigenvalue weighted by molar-refractivity contribution is 0.596. The van der Waals surface area contributed by atoms with Crippen LogP contribution in [0.3, 0.4) is 0 Å². The van der Waals surface area contributed by atoms with Crippen molar-refractivity contribution in [2.24, 2.45) is 0 Å². The molecule has 0 atom stereocenters. The van der Waals surface area contributed by atoms with E-state index in [9.17, 15) is 0 Å². The van der Waals surface area contributed by atoms with Crippen LogP contribution in [0.2, 0.25) is 5.02 Å². The van der Waals surface area contributed by atoms with E-state index in [1.54, 1.807) is 0 Å². The summed E-state index contributed by atoms with van der Waals surface area (Å²) in [4.78, 5) is 0. The van der Waals surface area contributed by atoms with Gasteiger partial charge in [-0.25, -0.2) is 0 Å². The quantitative estimate of drug-likeness (QED) is 0.498. The average Bonchev–Trinajstić information content (AvgIpc) is 2.38. The van der Waals surface area contributed by atoms with Crippen molar-refractivity contribution in [2.75, 3.05) is 11.9 Å². The van der Waals surface area contributed by atoms with Gasteiger partial charge in [-0.3, -0.25) is 0 Å². The first-order valence-electron chi connectivity index (χ1n) is 7.34. The Bertz CT molecular complexity index is 379. The number of anilines is 1. The average molecular weight is 347 g/mol. The zero-order valence-corrected chi connectivity index (χ0v) is 14.4. The molecule has 0 unspecified atom stereocenters. The van der Waals surface area contributed by atoms with Gasteiger partial charge < -0.3 is 5.32 Å². The van der Waals surface area contributed by atoms with Crippen LogP contribution in [0, 0.1) is 6.92 Å². The van der Waals surface area contributed by atoms with Gasteiger partial charge >= 0.3 is 0 Å². The van der Waals surface area contributed by atoms with E-state index in [1.165, 1.54) is 44.9 Å². The molecule has 0 amide bonds. The van der Waals surface area contributed by atoms with E-state index in [4.69, 9.17) is 11.6 Å². The fourth-order valence-electron chi connectivity index (χ4n) is 2.09. The summed E-state index contributed by atoms with van der Waals surface area (Å²) in [6.45, 7) is 5.30. The molecule has 1 N–H and O–H groups in total. The molecule has 0 saturated heterocycles. The molecule has 0 heterocycles. The smallest absolute Gasteiger partial charge is 0.0499 e. The van der Waals surface area contributed by atoms with Crippen LogP contribution in [0.25, 0.3) is 0 Å². The molecule has 1 rings (SSSR count). The molecular formula is C16H25BrClN. The maximum atomic E-state index is 6.14. The summed E-state index contributed by atoms with van der Waals surface area (Å²) in [6, 6.07) is 4.07. The third kappa shape index (κ3) is 6.67. The van der Waals surface area contributed by atoms with Crippen LogP contribution in [0.4, 0.5) is 5.69 Å². The van der Waals surface area contributed by atoms with Gasteiger partial charge in [0.25, 0.3) is 0 Å². The first kappa shape index (κ1) is 16.8. The minimum Gasteiger partial charge on any atom is -0.384 e. The maximum absolute atomic E-state index is 6.14. The minimum atomic E-state index is 0.824. The fraction of sp³-hybridized carbons (Fsp3) is 0.625. The molecule has 0 bridgehead atoms. The van der Waals surface area contributed by atoms with Crippen LogP contribution in [-0.4, -0.2) is 6.54 Å². The van der Waals surface area contributed by atoms with Crippen LogP contribution >= 0.6 is 27.5 Å². The molecule has 0 aliphatic heterocycles. The van der Waals surface area contributed by atoms with Gasteiger partial charge in [0.2, 0.25) is 0 Å². The number of hydrogen-bond acceptors (Lipinski definition) is 1. The molecule has 0 saturated carbocycles. The van der Waals surface area contributed by atoms with Crippen molar-refractivity contribution in [3.8, 4) is 0 Å². The van der Waals surface area contributed by atoms with Crippen LogP contribution in [-0.2, 0) is 0 Å². The first-order chi connectivity index (χ1) is 9.15. The van der Waals surface area contributed by atoms with E-state index in [-0.39, 0.29) is 0 Å². The molecule has 0 spiro atoms. The van der Waals surface area contributed by atoms with Gasteiger partial charge in [-0.15, -0.1) is 0 Å². The van der Waals surface area contributed by atoms with Gasteiger partial charge in [0.15, 0.2) is 0 Å². The van der Waals surface area contributed by atoms with Crippen molar-refractivity contribution in [2.45, 2.75) is 58.8 Å². The highest BCUT2D eigenvalue weighted by Gasteiger charge is 2.03. The number of unbranched alkanes of at least 4 members (excludes halogenated alkanes) is 6. The Balaban J connectivity index is 2.17. The molecule has 3 heteroatoms. The molecule has 108 valence electrons. The van der Waals surface area contributed by atoms with Crippen molar-refractivity contribution in [1.29, 1.82) is 0 Å². The number of rotatable bonds is 9. The van der Waals surface area contributed by atoms with Crippen LogP contribution in [0.15, 0.2) is 16.6 Å². The number of aryl methyl sites for hydroxylation is 1. The molecule has 1 nitrogen and oxygen atoms in total. The standard InChI is InChI=1S/C16H25BrClN/c1-3-4-5-6-7-8-9-10-19-16-12-15(18)13(2)11-14(16)17/h11-12,19H,3-10H2,1-2H3. The summed E-state index contributed by atoms with van der Waals surface area (Å²) in [6.07, 6.45) is 9.38. The first-order valence-corrected chi connectivity index (χ1v) is 8.51. The van der Waals surface area contributed by atoms with Crippen LogP contribution in [0.1, 0.15) is 57.4 Å². The van der Waals surface area contributed by atoms with E-state index >= 15 is 0 Å². The Morgan fingerprint density at radius 2 is 1.68 bits per heavy atom.